The highest BCUT2D eigenvalue weighted by Gasteiger charge is 2.14. The highest BCUT2D eigenvalue weighted by atomic mass is 16.1. The van der Waals surface area contributed by atoms with Gasteiger partial charge in [0.15, 0.2) is 0 Å². The number of hydrogen-bond donors (Lipinski definition) is 3. The van der Waals surface area contributed by atoms with Crippen molar-refractivity contribution < 1.29 is 4.79 Å². The summed E-state index contributed by atoms with van der Waals surface area (Å²) in [5, 5.41) is 0. The predicted molar refractivity (Wildman–Crippen MR) is 90.9 cm³/mol. The number of hydrogen-bond acceptors (Lipinski definition) is 4. The van der Waals surface area contributed by atoms with Crippen LogP contribution in [-0.4, -0.2) is 18.4 Å². The van der Waals surface area contributed by atoms with Crippen LogP contribution in [0.5, 0.6) is 0 Å². The van der Waals surface area contributed by atoms with Crippen LogP contribution < -0.4 is 17.0 Å². The molecule has 1 amide bonds. The van der Waals surface area contributed by atoms with Crippen LogP contribution in [0.1, 0.15) is 11.1 Å². The number of nitrogens with one attached hydrogen (secondary N) is 1. The van der Waals surface area contributed by atoms with E-state index in [2.05, 4.69) is 18.6 Å². The summed E-state index contributed by atoms with van der Waals surface area (Å²) in [5.41, 5.74) is 12.9. The number of rotatable bonds is 7. The fourth-order valence-electron chi connectivity index (χ4n) is 2.14. The number of nitrogens with two attached hydrogens (primary N) is 2. The van der Waals surface area contributed by atoms with Gasteiger partial charge in [0, 0.05) is 18.2 Å². The number of allylic oxidation sites excluding steroid dienone is 2. The molecule has 0 saturated heterocycles. The van der Waals surface area contributed by atoms with Gasteiger partial charge in [0.05, 0.1) is 17.1 Å². The van der Waals surface area contributed by atoms with Crippen LogP contribution in [0.4, 0.5) is 0 Å². The lowest BCUT2D eigenvalue weighted by molar-refractivity contribution is -0.115. The Balaban J connectivity index is 3.62. The molecule has 0 spiro atoms. The summed E-state index contributed by atoms with van der Waals surface area (Å²) in [5.74, 6) is 5.66. The number of benzene rings is 1. The van der Waals surface area contributed by atoms with Gasteiger partial charge < -0.3 is 16.1 Å². The SMILES string of the molecule is C=CC(/C(N)=C(/NN)c1ccccc1C)=C(\C=C)N(C)C=O. The molecule has 5 N–H and O–H groups in total. The molecule has 116 valence electrons. The van der Waals surface area contributed by atoms with E-state index in [1.165, 1.54) is 4.90 Å². The Bertz CT molecular complexity index is 644. The van der Waals surface area contributed by atoms with Gasteiger partial charge in [-0.1, -0.05) is 43.5 Å². The highest BCUT2D eigenvalue weighted by molar-refractivity contribution is 5.74. The number of carbonyl (C=O) groups is 1. The number of nitrogens with zero attached hydrogens (tertiary/aromatic N) is 1. The Morgan fingerprint density at radius 2 is 1.91 bits per heavy atom. The van der Waals surface area contributed by atoms with E-state index in [0.29, 0.717) is 29.1 Å². The van der Waals surface area contributed by atoms with Gasteiger partial charge in [-0.2, -0.15) is 0 Å². The lowest BCUT2D eigenvalue weighted by Crippen LogP contribution is -2.26. The summed E-state index contributed by atoms with van der Waals surface area (Å²) in [4.78, 5) is 12.4. The third-order valence-corrected chi connectivity index (χ3v) is 3.33. The van der Waals surface area contributed by atoms with Gasteiger partial charge in [0.25, 0.3) is 0 Å². The van der Waals surface area contributed by atoms with Gasteiger partial charge in [-0.05, 0) is 18.6 Å². The monoisotopic (exact) mass is 298 g/mol. The molecule has 1 aromatic rings. The van der Waals surface area contributed by atoms with Crippen molar-refractivity contribution in [2.75, 3.05) is 7.05 Å². The predicted octanol–water partition coefficient (Wildman–Crippen LogP) is 1.80. The van der Waals surface area contributed by atoms with Crippen molar-refractivity contribution in [2.45, 2.75) is 6.92 Å². The number of aryl methyl sites for hydroxylation is 1. The van der Waals surface area contributed by atoms with Crippen LogP contribution in [0.25, 0.3) is 5.70 Å². The first-order chi connectivity index (χ1) is 10.5. The van der Waals surface area contributed by atoms with Crippen LogP contribution in [0.3, 0.4) is 0 Å². The highest BCUT2D eigenvalue weighted by Crippen LogP contribution is 2.24. The van der Waals surface area contributed by atoms with E-state index < -0.39 is 0 Å². The number of hydrazine groups is 1. The Labute approximate surface area is 131 Å². The van der Waals surface area contributed by atoms with Crippen LogP contribution in [0.2, 0.25) is 0 Å². The first kappa shape index (κ1) is 17.3. The van der Waals surface area contributed by atoms with E-state index in [1.54, 1.807) is 19.2 Å². The first-order valence-electron chi connectivity index (χ1n) is 6.71. The van der Waals surface area contributed by atoms with Crippen LogP contribution in [0, 0.1) is 6.92 Å². The summed E-state index contributed by atoms with van der Waals surface area (Å²) in [6.07, 6.45) is 3.79. The van der Waals surface area contributed by atoms with Gasteiger partial charge in [-0.3, -0.25) is 10.6 Å². The van der Waals surface area contributed by atoms with Crippen molar-refractivity contribution in [3.63, 3.8) is 0 Å². The van der Waals surface area contributed by atoms with Gasteiger partial charge in [-0.15, -0.1) is 0 Å². The van der Waals surface area contributed by atoms with Crippen LogP contribution in [0.15, 0.2) is 66.5 Å². The number of likely N-dealkylation sites (N-methyl/N-ethyl adjacent to an activating group) is 1. The summed E-state index contributed by atoms with van der Waals surface area (Å²) >= 11 is 0. The third-order valence-electron chi connectivity index (χ3n) is 3.33. The molecule has 22 heavy (non-hydrogen) atoms. The number of amides is 1. The largest absolute Gasteiger partial charge is 0.396 e. The lowest BCUT2D eigenvalue weighted by atomic mass is 10.0. The minimum absolute atomic E-state index is 0.385. The fourth-order valence-corrected chi connectivity index (χ4v) is 2.14. The molecule has 5 heteroatoms. The summed E-state index contributed by atoms with van der Waals surface area (Å²) in [6, 6.07) is 7.71. The molecule has 1 rings (SSSR count). The van der Waals surface area contributed by atoms with Gasteiger partial charge in [-0.25, -0.2) is 0 Å². The topological polar surface area (TPSA) is 84.4 Å². The van der Waals surface area contributed by atoms with Crippen molar-refractivity contribution >= 4 is 12.1 Å². The Morgan fingerprint density at radius 1 is 1.27 bits per heavy atom. The lowest BCUT2D eigenvalue weighted by Gasteiger charge is -2.19. The molecule has 0 bridgehead atoms. The second-order valence-electron chi connectivity index (χ2n) is 4.67. The molecule has 0 unspecified atom stereocenters. The van der Waals surface area contributed by atoms with Crippen molar-refractivity contribution in [3.05, 3.63) is 77.7 Å². The quantitative estimate of drug-likeness (QED) is 0.310. The molecule has 0 aliphatic heterocycles. The average molecular weight is 298 g/mol. The zero-order valence-electron chi connectivity index (χ0n) is 13.0. The maximum absolute atomic E-state index is 11.0. The second-order valence-corrected chi connectivity index (χ2v) is 4.67. The Kier molecular flexibility index (Phi) is 6.16. The van der Waals surface area contributed by atoms with Gasteiger partial charge in [0.1, 0.15) is 0 Å². The standard InChI is InChI=1S/C17H22N4O/c1-5-13(15(6-2)21(4)11-22)16(18)17(20-19)14-10-8-7-9-12(14)3/h5-11,20H,1-2,18-19H2,3-4H3/b15-13-,17-16-. The summed E-state index contributed by atoms with van der Waals surface area (Å²) in [7, 11) is 1.62. The Hall–Kier alpha value is -2.79. The van der Waals surface area contributed by atoms with E-state index in [4.69, 9.17) is 11.6 Å². The maximum atomic E-state index is 11.0. The zero-order chi connectivity index (χ0) is 16.7. The molecule has 0 fully saturated rings. The smallest absolute Gasteiger partial charge is 0.213 e. The molecule has 0 heterocycles. The fraction of sp³-hybridized carbons (Fsp3) is 0.118. The molecule has 0 atom stereocenters. The van der Waals surface area contributed by atoms with Gasteiger partial charge in [0.2, 0.25) is 6.41 Å². The molecule has 1 aromatic carbocycles. The van der Waals surface area contributed by atoms with E-state index in [1.807, 2.05) is 31.2 Å². The number of carbonyl (C=O) groups excluding carboxylic acids is 1. The van der Waals surface area contributed by atoms with E-state index >= 15 is 0 Å². The molecule has 0 aliphatic carbocycles. The summed E-state index contributed by atoms with van der Waals surface area (Å²) in [6.45, 7) is 9.45. The molecular formula is C17H22N4O. The molecule has 5 nitrogen and oxygen atoms in total. The first-order valence-corrected chi connectivity index (χ1v) is 6.71. The van der Waals surface area contributed by atoms with Crippen molar-refractivity contribution in [2.24, 2.45) is 11.6 Å². The summed E-state index contributed by atoms with van der Waals surface area (Å²) < 4.78 is 0. The molecule has 0 aromatic heterocycles. The van der Waals surface area contributed by atoms with Gasteiger partial charge >= 0.3 is 0 Å². The maximum Gasteiger partial charge on any atom is 0.213 e. The van der Waals surface area contributed by atoms with Crippen molar-refractivity contribution in [1.29, 1.82) is 0 Å². The normalized spacial score (nSPS) is 12.7. The molecule has 0 radical (unpaired) electrons. The van der Waals surface area contributed by atoms with Crippen molar-refractivity contribution in [1.82, 2.24) is 10.3 Å². The average Bonchev–Trinajstić information content (AvgIpc) is 2.53. The van der Waals surface area contributed by atoms with Crippen LogP contribution in [-0.2, 0) is 4.79 Å². The Morgan fingerprint density at radius 3 is 2.36 bits per heavy atom. The van der Waals surface area contributed by atoms with E-state index in [9.17, 15) is 4.79 Å². The van der Waals surface area contributed by atoms with E-state index in [0.717, 1.165) is 11.1 Å². The molecule has 0 aliphatic rings. The van der Waals surface area contributed by atoms with Crippen LogP contribution >= 0.6 is 0 Å². The minimum Gasteiger partial charge on any atom is -0.396 e. The molecule has 0 saturated carbocycles. The third kappa shape index (κ3) is 3.45. The minimum atomic E-state index is 0.385. The zero-order valence-corrected chi connectivity index (χ0v) is 13.0. The van der Waals surface area contributed by atoms with E-state index in [-0.39, 0.29) is 0 Å². The van der Waals surface area contributed by atoms with Crippen molar-refractivity contribution in [3.8, 4) is 0 Å². The second kappa shape index (κ2) is 7.85. The molecular weight excluding hydrogens is 276 g/mol.